The van der Waals surface area contributed by atoms with Crippen LogP contribution in [0.1, 0.15) is 28.1 Å². The Morgan fingerprint density at radius 3 is 2.84 bits per heavy atom. The Morgan fingerprint density at radius 2 is 2.08 bits per heavy atom. The Hall–Kier alpha value is -1.98. The van der Waals surface area contributed by atoms with E-state index in [-0.39, 0.29) is 0 Å². The summed E-state index contributed by atoms with van der Waals surface area (Å²) in [5, 5.41) is 10.3. The number of imidazole rings is 1. The standard InChI is InChI=1S/C19H15IN4S/c1-11-7-12(2)19-14(5-6-24(19)25-20)15(11)9-18-22-16-4-3-13(10-21)8-17(16)23-18/h3-8H,9H2,1-2H3,(H,22,23). The summed E-state index contributed by atoms with van der Waals surface area (Å²) in [7, 11) is 1.68. The molecule has 0 saturated heterocycles. The molecule has 0 saturated carbocycles. The van der Waals surface area contributed by atoms with Crippen molar-refractivity contribution in [2.24, 2.45) is 0 Å². The number of hydrogen-bond acceptors (Lipinski definition) is 3. The van der Waals surface area contributed by atoms with E-state index < -0.39 is 0 Å². The molecule has 6 heteroatoms. The molecule has 1 N–H and O–H groups in total. The van der Waals surface area contributed by atoms with Gasteiger partial charge in [-0.05, 0) is 54.8 Å². The molecule has 4 nitrogen and oxygen atoms in total. The predicted molar refractivity (Wildman–Crippen MR) is 112 cm³/mol. The van der Waals surface area contributed by atoms with Gasteiger partial charge in [0, 0.05) is 48.3 Å². The summed E-state index contributed by atoms with van der Waals surface area (Å²) in [6.45, 7) is 4.32. The molecule has 0 aliphatic rings. The highest BCUT2D eigenvalue weighted by Crippen LogP contribution is 2.32. The van der Waals surface area contributed by atoms with Crippen LogP contribution < -0.4 is 0 Å². The summed E-state index contributed by atoms with van der Waals surface area (Å²) >= 11 is 2.31. The van der Waals surface area contributed by atoms with Gasteiger partial charge in [0.2, 0.25) is 0 Å². The molecular weight excluding hydrogens is 443 g/mol. The molecule has 124 valence electrons. The topological polar surface area (TPSA) is 57.4 Å². The minimum absolute atomic E-state index is 0.646. The maximum Gasteiger partial charge on any atom is 0.111 e. The lowest BCUT2D eigenvalue weighted by Crippen LogP contribution is -1.97. The number of halogens is 1. The van der Waals surface area contributed by atoms with E-state index in [2.05, 4.69) is 68.4 Å². The number of aryl methyl sites for hydroxylation is 2. The van der Waals surface area contributed by atoms with Crippen LogP contribution in [0.25, 0.3) is 21.9 Å². The number of nitrogens with zero attached hydrogens (tertiary/aromatic N) is 3. The van der Waals surface area contributed by atoms with E-state index in [1.165, 1.54) is 27.6 Å². The third kappa shape index (κ3) is 2.81. The number of rotatable bonds is 3. The van der Waals surface area contributed by atoms with Crippen LogP contribution in [0.2, 0.25) is 0 Å². The number of benzene rings is 2. The van der Waals surface area contributed by atoms with E-state index >= 15 is 0 Å². The largest absolute Gasteiger partial charge is 0.342 e. The summed E-state index contributed by atoms with van der Waals surface area (Å²) in [6, 6.07) is 12.2. The first-order valence-electron chi connectivity index (χ1n) is 7.88. The monoisotopic (exact) mass is 458 g/mol. The number of hydrogen-bond donors (Lipinski definition) is 1. The number of H-pyrrole nitrogens is 1. The quantitative estimate of drug-likeness (QED) is 0.416. The fourth-order valence-electron chi connectivity index (χ4n) is 3.41. The molecule has 2 heterocycles. The highest BCUT2D eigenvalue weighted by atomic mass is 127. The van der Waals surface area contributed by atoms with Crippen LogP contribution >= 0.6 is 30.3 Å². The molecule has 2 aromatic heterocycles. The maximum atomic E-state index is 9.06. The van der Waals surface area contributed by atoms with E-state index in [0.29, 0.717) is 5.56 Å². The Balaban J connectivity index is 1.83. The zero-order valence-corrected chi connectivity index (χ0v) is 16.8. The minimum Gasteiger partial charge on any atom is -0.342 e. The van der Waals surface area contributed by atoms with Gasteiger partial charge in [-0.3, -0.25) is 3.97 Å². The molecule has 2 aromatic carbocycles. The summed E-state index contributed by atoms with van der Waals surface area (Å²) < 4.78 is 2.20. The molecule has 0 aliphatic carbocycles. The molecule has 0 unspecified atom stereocenters. The molecule has 0 fully saturated rings. The van der Waals surface area contributed by atoms with Gasteiger partial charge in [0.15, 0.2) is 0 Å². The van der Waals surface area contributed by atoms with Crippen LogP contribution in [0.15, 0.2) is 36.5 Å². The molecule has 0 radical (unpaired) electrons. The van der Waals surface area contributed by atoms with Crippen molar-refractivity contribution >= 4 is 52.3 Å². The summed E-state index contributed by atoms with van der Waals surface area (Å²) in [5.74, 6) is 0.924. The maximum absolute atomic E-state index is 9.06. The van der Waals surface area contributed by atoms with E-state index in [1.54, 1.807) is 15.2 Å². The van der Waals surface area contributed by atoms with Gasteiger partial charge in [-0.25, -0.2) is 4.98 Å². The molecule has 0 aliphatic heterocycles. The Labute approximate surface area is 162 Å². The van der Waals surface area contributed by atoms with Crippen LogP contribution in [0.3, 0.4) is 0 Å². The Kier molecular flexibility index (Phi) is 4.21. The highest BCUT2D eigenvalue weighted by molar-refractivity contribution is 14.2. The normalized spacial score (nSPS) is 11.3. The summed E-state index contributed by atoms with van der Waals surface area (Å²) in [5.41, 5.74) is 7.58. The second-order valence-electron chi connectivity index (χ2n) is 6.17. The van der Waals surface area contributed by atoms with Gasteiger partial charge < -0.3 is 4.98 Å². The molecule has 0 bridgehead atoms. The van der Waals surface area contributed by atoms with Gasteiger partial charge in [0.25, 0.3) is 0 Å². The molecule has 0 spiro atoms. The lowest BCUT2D eigenvalue weighted by molar-refractivity contribution is 1.03. The van der Waals surface area contributed by atoms with Gasteiger partial charge >= 0.3 is 0 Å². The third-order valence-electron chi connectivity index (χ3n) is 4.54. The summed E-state index contributed by atoms with van der Waals surface area (Å²) in [4.78, 5) is 8.07. The van der Waals surface area contributed by atoms with Crippen LogP contribution in [0.4, 0.5) is 0 Å². The lowest BCUT2D eigenvalue weighted by atomic mass is 9.98. The van der Waals surface area contributed by atoms with Crippen LogP contribution in [-0.4, -0.2) is 13.9 Å². The van der Waals surface area contributed by atoms with Gasteiger partial charge in [-0.15, -0.1) is 0 Å². The average molecular weight is 458 g/mol. The number of nitriles is 1. The van der Waals surface area contributed by atoms with Gasteiger partial charge in [0.05, 0.1) is 28.2 Å². The third-order valence-corrected chi connectivity index (χ3v) is 6.26. The van der Waals surface area contributed by atoms with Crippen molar-refractivity contribution in [3.8, 4) is 6.07 Å². The minimum atomic E-state index is 0.646. The van der Waals surface area contributed by atoms with Crippen molar-refractivity contribution in [2.75, 3.05) is 0 Å². The number of fused-ring (bicyclic) bond motifs is 2. The summed E-state index contributed by atoms with van der Waals surface area (Å²) in [6.07, 6.45) is 2.87. The van der Waals surface area contributed by atoms with E-state index in [0.717, 1.165) is 23.3 Å². The number of aromatic nitrogens is 3. The number of aromatic amines is 1. The zero-order valence-electron chi connectivity index (χ0n) is 13.8. The second-order valence-corrected chi connectivity index (χ2v) is 7.88. The van der Waals surface area contributed by atoms with Gasteiger partial charge in [0.1, 0.15) is 5.82 Å². The predicted octanol–water partition coefficient (Wildman–Crippen LogP) is 5.44. The zero-order chi connectivity index (χ0) is 17.6. The van der Waals surface area contributed by atoms with Crippen molar-refractivity contribution < 1.29 is 0 Å². The second kappa shape index (κ2) is 6.39. The van der Waals surface area contributed by atoms with Crippen molar-refractivity contribution in [3.63, 3.8) is 0 Å². The van der Waals surface area contributed by atoms with E-state index in [1.807, 2.05) is 12.1 Å². The Morgan fingerprint density at radius 1 is 1.24 bits per heavy atom. The van der Waals surface area contributed by atoms with E-state index in [4.69, 9.17) is 10.2 Å². The van der Waals surface area contributed by atoms with Crippen molar-refractivity contribution in [1.29, 1.82) is 5.26 Å². The number of nitrogens with one attached hydrogen (secondary N) is 1. The fraction of sp³-hybridized carbons (Fsp3) is 0.158. The molecule has 25 heavy (non-hydrogen) atoms. The lowest BCUT2D eigenvalue weighted by Gasteiger charge is -2.10. The average Bonchev–Trinajstić information content (AvgIpc) is 3.21. The molecule has 4 rings (SSSR count). The molecular formula is C19H15IN4S. The van der Waals surface area contributed by atoms with E-state index in [9.17, 15) is 0 Å². The molecule has 0 atom stereocenters. The van der Waals surface area contributed by atoms with Gasteiger partial charge in [-0.1, -0.05) is 6.07 Å². The highest BCUT2D eigenvalue weighted by Gasteiger charge is 2.14. The molecule has 0 amide bonds. The Bertz CT molecular complexity index is 1150. The van der Waals surface area contributed by atoms with Crippen LogP contribution in [-0.2, 0) is 6.42 Å². The fourth-order valence-corrected chi connectivity index (χ4v) is 4.82. The van der Waals surface area contributed by atoms with Crippen molar-refractivity contribution in [2.45, 2.75) is 20.3 Å². The van der Waals surface area contributed by atoms with Crippen molar-refractivity contribution in [3.05, 3.63) is 64.6 Å². The van der Waals surface area contributed by atoms with Crippen molar-refractivity contribution in [1.82, 2.24) is 13.9 Å². The van der Waals surface area contributed by atoms with Crippen LogP contribution in [0.5, 0.6) is 0 Å². The SMILES string of the molecule is Cc1cc(C)c2c(ccn2SI)c1Cc1nc2ccc(C#N)cc2[nH]1. The first kappa shape index (κ1) is 16.5. The molecule has 4 aromatic rings. The first-order chi connectivity index (χ1) is 12.1. The smallest absolute Gasteiger partial charge is 0.111 e. The van der Waals surface area contributed by atoms with Crippen LogP contribution in [0, 0.1) is 25.2 Å². The first-order valence-corrected chi connectivity index (χ1v) is 11.2. The van der Waals surface area contributed by atoms with Gasteiger partial charge in [-0.2, -0.15) is 5.26 Å².